The molecule has 1 aromatic rings. The van der Waals surface area contributed by atoms with Crippen LogP contribution >= 0.6 is 0 Å². The molecular weight excluding hydrogens is 256 g/mol. The number of likely N-dealkylation sites (tertiary alicyclic amines) is 1. The van der Waals surface area contributed by atoms with E-state index in [1.54, 1.807) is 6.20 Å². The number of amides is 1. The Kier molecular flexibility index (Phi) is 3.72. The van der Waals surface area contributed by atoms with E-state index in [0.29, 0.717) is 38.2 Å². The number of hydrogen-bond donors (Lipinski definition) is 1. The van der Waals surface area contributed by atoms with Crippen molar-refractivity contribution in [2.75, 3.05) is 19.7 Å². The van der Waals surface area contributed by atoms with Gasteiger partial charge in [-0.15, -0.1) is 0 Å². The van der Waals surface area contributed by atoms with E-state index in [4.69, 9.17) is 4.74 Å². The van der Waals surface area contributed by atoms with E-state index < -0.39 is 5.60 Å². The molecule has 2 saturated heterocycles. The van der Waals surface area contributed by atoms with Crippen LogP contribution in [0.1, 0.15) is 31.4 Å². The fourth-order valence-electron chi connectivity index (χ4n) is 2.97. The zero-order valence-electron chi connectivity index (χ0n) is 11.5. The molecule has 5 heteroatoms. The Bertz CT molecular complexity index is 463. The van der Waals surface area contributed by atoms with Gasteiger partial charge in [-0.3, -0.25) is 9.78 Å². The summed E-state index contributed by atoms with van der Waals surface area (Å²) in [5.41, 5.74) is -0.210. The lowest BCUT2D eigenvalue weighted by atomic mass is 9.87. The third-order valence-electron chi connectivity index (χ3n) is 4.25. The van der Waals surface area contributed by atoms with Gasteiger partial charge in [0.05, 0.1) is 5.69 Å². The summed E-state index contributed by atoms with van der Waals surface area (Å²) >= 11 is 0. The number of carbonyl (C=O) groups excluding carboxylic acids is 1. The van der Waals surface area contributed by atoms with Gasteiger partial charge in [-0.05, 0) is 37.8 Å². The zero-order valence-corrected chi connectivity index (χ0v) is 11.5. The van der Waals surface area contributed by atoms with Crippen LogP contribution in [-0.2, 0) is 15.1 Å². The Hall–Kier alpha value is -1.46. The highest BCUT2D eigenvalue weighted by Crippen LogP contribution is 2.32. The third kappa shape index (κ3) is 2.55. The van der Waals surface area contributed by atoms with Crippen LogP contribution in [0.2, 0.25) is 0 Å². The maximum atomic E-state index is 12.3. The lowest BCUT2D eigenvalue weighted by molar-refractivity contribution is -0.145. The quantitative estimate of drug-likeness (QED) is 0.877. The van der Waals surface area contributed by atoms with Gasteiger partial charge in [-0.1, -0.05) is 6.07 Å². The van der Waals surface area contributed by atoms with Gasteiger partial charge in [0, 0.05) is 25.9 Å². The summed E-state index contributed by atoms with van der Waals surface area (Å²) in [7, 11) is 0. The monoisotopic (exact) mass is 276 g/mol. The van der Waals surface area contributed by atoms with Gasteiger partial charge < -0.3 is 14.7 Å². The van der Waals surface area contributed by atoms with Crippen LogP contribution in [0.25, 0.3) is 0 Å². The molecule has 3 heterocycles. The first-order valence-corrected chi connectivity index (χ1v) is 7.23. The second-order valence-corrected chi connectivity index (χ2v) is 5.57. The molecule has 5 nitrogen and oxygen atoms in total. The van der Waals surface area contributed by atoms with Crippen LogP contribution in [0, 0.1) is 0 Å². The molecule has 108 valence electrons. The third-order valence-corrected chi connectivity index (χ3v) is 4.25. The van der Waals surface area contributed by atoms with Gasteiger partial charge in [-0.25, -0.2) is 0 Å². The molecule has 1 amide bonds. The smallest absolute Gasteiger partial charge is 0.251 e. The minimum atomic E-state index is -0.908. The van der Waals surface area contributed by atoms with Crippen LogP contribution in [0.3, 0.4) is 0 Å². The average molecular weight is 276 g/mol. The number of aliphatic hydroxyl groups is 1. The highest BCUT2D eigenvalue weighted by molar-refractivity contribution is 5.81. The first-order chi connectivity index (χ1) is 9.69. The van der Waals surface area contributed by atoms with Crippen LogP contribution in [-0.4, -0.2) is 46.7 Å². The number of piperidine rings is 1. The second-order valence-electron chi connectivity index (χ2n) is 5.57. The first kappa shape index (κ1) is 13.5. The Morgan fingerprint density at radius 3 is 2.80 bits per heavy atom. The van der Waals surface area contributed by atoms with Crippen molar-refractivity contribution in [3.8, 4) is 0 Å². The van der Waals surface area contributed by atoms with Crippen molar-refractivity contribution in [1.82, 2.24) is 9.88 Å². The number of pyridine rings is 1. The molecule has 2 aliphatic rings. The predicted molar refractivity (Wildman–Crippen MR) is 72.9 cm³/mol. The Balaban J connectivity index is 1.63. The van der Waals surface area contributed by atoms with E-state index in [1.807, 2.05) is 23.1 Å². The normalized spacial score (nSPS) is 25.6. The van der Waals surface area contributed by atoms with E-state index in [9.17, 15) is 9.90 Å². The molecule has 1 N–H and O–H groups in total. The minimum Gasteiger partial charge on any atom is -0.383 e. The maximum Gasteiger partial charge on any atom is 0.251 e. The summed E-state index contributed by atoms with van der Waals surface area (Å²) in [6.07, 6.45) is 4.26. The van der Waals surface area contributed by atoms with Crippen molar-refractivity contribution in [3.63, 3.8) is 0 Å². The average Bonchev–Trinajstić information content (AvgIpc) is 3.02. The molecule has 20 heavy (non-hydrogen) atoms. The molecule has 1 aromatic heterocycles. The number of nitrogens with zero attached hydrogens (tertiary/aromatic N) is 2. The molecule has 2 aliphatic heterocycles. The van der Waals surface area contributed by atoms with Crippen molar-refractivity contribution in [3.05, 3.63) is 30.1 Å². The van der Waals surface area contributed by atoms with Crippen LogP contribution in [0.15, 0.2) is 24.4 Å². The lowest BCUT2D eigenvalue weighted by Crippen LogP contribution is -2.48. The van der Waals surface area contributed by atoms with Crippen molar-refractivity contribution >= 4 is 5.91 Å². The summed E-state index contributed by atoms with van der Waals surface area (Å²) < 4.78 is 5.44. The first-order valence-electron chi connectivity index (χ1n) is 7.23. The summed E-state index contributed by atoms with van der Waals surface area (Å²) in [4.78, 5) is 18.3. The van der Waals surface area contributed by atoms with Crippen molar-refractivity contribution in [2.24, 2.45) is 0 Å². The number of ether oxygens (including phenoxy) is 1. The number of carbonyl (C=O) groups is 1. The van der Waals surface area contributed by atoms with Crippen molar-refractivity contribution in [2.45, 2.75) is 37.4 Å². The molecule has 0 bridgehead atoms. The van der Waals surface area contributed by atoms with E-state index in [-0.39, 0.29) is 12.0 Å². The Morgan fingerprint density at radius 1 is 1.40 bits per heavy atom. The van der Waals surface area contributed by atoms with Gasteiger partial charge in [-0.2, -0.15) is 0 Å². The molecule has 0 aromatic carbocycles. The molecule has 0 radical (unpaired) electrons. The van der Waals surface area contributed by atoms with E-state index >= 15 is 0 Å². The molecule has 0 aliphatic carbocycles. The van der Waals surface area contributed by atoms with E-state index in [2.05, 4.69) is 4.98 Å². The predicted octanol–water partition coefficient (Wildman–Crippen LogP) is 1.07. The van der Waals surface area contributed by atoms with Crippen LogP contribution in [0.5, 0.6) is 0 Å². The fraction of sp³-hybridized carbons (Fsp3) is 0.600. The number of hydrogen-bond acceptors (Lipinski definition) is 4. The van der Waals surface area contributed by atoms with Gasteiger partial charge >= 0.3 is 0 Å². The zero-order chi connectivity index (χ0) is 14.0. The van der Waals surface area contributed by atoms with Crippen molar-refractivity contribution in [1.29, 1.82) is 0 Å². The highest BCUT2D eigenvalue weighted by Gasteiger charge is 2.38. The minimum absolute atomic E-state index is 0.0746. The van der Waals surface area contributed by atoms with Crippen LogP contribution < -0.4 is 0 Å². The van der Waals surface area contributed by atoms with Gasteiger partial charge in [0.15, 0.2) is 0 Å². The van der Waals surface area contributed by atoms with Gasteiger partial charge in [0.25, 0.3) is 5.91 Å². The highest BCUT2D eigenvalue weighted by atomic mass is 16.5. The lowest BCUT2D eigenvalue weighted by Gasteiger charge is -2.38. The molecular formula is C15H20N2O3. The topological polar surface area (TPSA) is 62.7 Å². The Morgan fingerprint density at radius 2 is 2.20 bits per heavy atom. The molecule has 3 rings (SSSR count). The molecule has 2 fully saturated rings. The van der Waals surface area contributed by atoms with Crippen molar-refractivity contribution < 1.29 is 14.6 Å². The maximum absolute atomic E-state index is 12.3. The van der Waals surface area contributed by atoms with E-state index in [1.165, 1.54) is 0 Å². The summed E-state index contributed by atoms with van der Waals surface area (Å²) in [5, 5.41) is 10.7. The SMILES string of the molecule is O=C(C1CCCO1)N1CCC(O)(c2ccccn2)CC1. The molecule has 0 spiro atoms. The summed E-state index contributed by atoms with van der Waals surface area (Å²) in [6, 6.07) is 5.56. The second kappa shape index (κ2) is 5.50. The van der Waals surface area contributed by atoms with Gasteiger partial charge in [0.2, 0.25) is 0 Å². The standard InChI is InChI=1S/C15H20N2O3/c18-14(12-4-3-11-20-12)17-9-6-15(19,7-10-17)13-5-1-2-8-16-13/h1-2,5,8,12,19H,3-4,6-7,9-11H2. The number of rotatable bonds is 2. The summed E-state index contributed by atoms with van der Waals surface area (Å²) in [6.45, 7) is 1.81. The Labute approximate surface area is 118 Å². The largest absolute Gasteiger partial charge is 0.383 e. The number of aromatic nitrogens is 1. The molecule has 1 unspecified atom stereocenters. The van der Waals surface area contributed by atoms with E-state index in [0.717, 1.165) is 12.8 Å². The molecule has 1 atom stereocenters. The van der Waals surface area contributed by atoms with Crippen LogP contribution in [0.4, 0.5) is 0 Å². The fourth-order valence-corrected chi connectivity index (χ4v) is 2.97. The van der Waals surface area contributed by atoms with Gasteiger partial charge in [0.1, 0.15) is 11.7 Å². The molecule has 0 saturated carbocycles. The summed E-state index contributed by atoms with van der Waals surface area (Å²) in [5.74, 6) is 0.0746.